The Kier molecular flexibility index (Phi) is 8.56. The molecule has 1 aliphatic carbocycles. The molecule has 0 radical (unpaired) electrons. The summed E-state index contributed by atoms with van der Waals surface area (Å²) < 4.78 is 0. The average Bonchev–Trinajstić information content (AvgIpc) is 2.67. The normalized spacial score (nSPS) is 19.7. The van der Waals surface area contributed by atoms with Crippen molar-refractivity contribution in [2.75, 3.05) is 32.7 Å². The van der Waals surface area contributed by atoms with Crippen LogP contribution in [0.25, 0.3) is 0 Å². The lowest BCUT2D eigenvalue weighted by Crippen LogP contribution is -2.47. The smallest absolute Gasteiger partial charge is 0.317 e. The highest BCUT2D eigenvalue weighted by molar-refractivity contribution is 5.79. The zero-order valence-electron chi connectivity index (χ0n) is 16.3. The lowest BCUT2D eigenvalue weighted by Gasteiger charge is -2.33. The zero-order valence-corrected chi connectivity index (χ0v) is 16.3. The SMILES string of the molecule is CCN(CC)C(=O)C1CCN(C(=O)NCCCC2CCCCC2)CC1. The largest absolute Gasteiger partial charge is 0.343 e. The highest BCUT2D eigenvalue weighted by Gasteiger charge is 2.29. The Balaban J connectivity index is 1.61. The van der Waals surface area contributed by atoms with Crippen molar-refractivity contribution in [2.24, 2.45) is 11.8 Å². The minimum Gasteiger partial charge on any atom is -0.343 e. The van der Waals surface area contributed by atoms with Gasteiger partial charge in [-0.2, -0.15) is 0 Å². The predicted molar refractivity (Wildman–Crippen MR) is 101 cm³/mol. The van der Waals surface area contributed by atoms with Crippen molar-refractivity contribution in [1.82, 2.24) is 15.1 Å². The van der Waals surface area contributed by atoms with Gasteiger partial charge in [0, 0.05) is 38.6 Å². The Bertz CT molecular complexity index is 409. The van der Waals surface area contributed by atoms with Gasteiger partial charge in [-0.05, 0) is 45.4 Å². The van der Waals surface area contributed by atoms with Gasteiger partial charge in [-0.15, -0.1) is 0 Å². The standard InChI is InChI=1S/C20H37N3O2/c1-3-22(4-2)19(24)18-12-15-23(16-13-18)20(25)21-14-8-11-17-9-6-5-7-10-17/h17-18H,3-16H2,1-2H3,(H,21,25). The molecule has 25 heavy (non-hydrogen) atoms. The van der Waals surface area contributed by atoms with Gasteiger partial charge in [-0.3, -0.25) is 4.79 Å². The third kappa shape index (κ3) is 6.19. The molecular formula is C20H37N3O2. The Morgan fingerprint density at radius 3 is 2.24 bits per heavy atom. The Labute approximate surface area is 153 Å². The summed E-state index contributed by atoms with van der Waals surface area (Å²) in [6, 6.07) is 0.0531. The van der Waals surface area contributed by atoms with Gasteiger partial charge in [-0.1, -0.05) is 32.1 Å². The summed E-state index contributed by atoms with van der Waals surface area (Å²) in [5, 5.41) is 3.07. The molecule has 1 heterocycles. The molecular weight excluding hydrogens is 314 g/mol. The van der Waals surface area contributed by atoms with E-state index in [2.05, 4.69) is 5.32 Å². The third-order valence-electron chi connectivity index (χ3n) is 6.00. The molecule has 0 aromatic heterocycles. The van der Waals surface area contributed by atoms with E-state index in [9.17, 15) is 9.59 Å². The van der Waals surface area contributed by atoms with Crippen molar-refractivity contribution in [3.8, 4) is 0 Å². The van der Waals surface area contributed by atoms with E-state index in [-0.39, 0.29) is 17.9 Å². The molecule has 1 N–H and O–H groups in total. The van der Waals surface area contributed by atoms with Gasteiger partial charge in [0.05, 0.1) is 0 Å². The van der Waals surface area contributed by atoms with E-state index in [4.69, 9.17) is 0 Å². The number of likely N-dealkylation sites (tertiary alicyclic amines) is 1. The second-order valence-corrected chi connectivity index (χ2v) is 7.65. The highest BCUT2D eigenvalue weighted by atomic mass is 16.2. The number of carbonyl (C=O) groups excluding carboxylic acids is 2. The van der Waals surface area contributed by atoms with Crippen LogP contribution < -0.4 is 5.32 Å². The number of nitrogens with zero attached hydrogens (tertiary/aromatic N) is 2. The van der Waals surface area contributed by atoms with Gasteiger partial charge in [0.2, 0.25) is 5.91 Å². The number of piperidine rings is 1. The first-order valence-electron chi connectivity index (χ1n) is 10.5. The van der Waals surface area contributed by atoms with Crippen LogP contribution >= 0.6 is 0 Å². The van der Waals surface area contributed by atoms with E-state index in [0.717, 1.165) is 44.8 Å². The lowest BCUT2D eigenvalue weighted by atomic mass is 9.86. The number of rotatable bonds is 7. The molecule has 2 rings (SSSR count). The molecule has 0 atom stereocenters. The van der Waals surface area contributed by atoms with Crippen LogP contribution in [0.4, 0.5) is 4.79 Å². The number of hydrogen-bond donors (Lipinski definition) is 1. The van der Waals surface area contributed by atoms with Crippen LogP contribution in [-0.4, -0.2) is 54.5 Å². The van der Waals surface area contributed by atoms with E-state index in [1.54, 1.807) is 0 Å². The fourth-order valence-corrected chi connectivity index (χ4v) is 4.30. The molecule has 0 bridgehead atoms. The third-order valence-corrected chi connectivity index (χ3v) is 6.00. The molecule has 144 valence electrons. The molecule has 2 fully saturated rings. The molecule has 0 aromatic rings. The van der Waals surface area contributed by atoms with Crippen molar-refractivity contribution in [3.05, 3.63) is 0 Å². The van der Waals surface area contributed by atoms with Gasteiger partial charge in [0.25, 0.3) is 0 Å². The molecule has 2 aliphatic rings. The van der Waals surface area contributed by atoms with Gasteiger partial charge >= 0.3 is 6.03 Å². The number of urea groups is 1. The van der Waals surface area contributed by atoms with E-state index in [1.165, 1.54) is 38.5 Å². The fraction of sp³-hybridized carbons (Fsp3) is 0.900. The van der Waals surface area contributed by atoms with Crippen molar-refractivity contribution in [1.29, 1.82) is 0 Å². The van der Waals surface area contributed by atoms with Crippen LogP contribution in [0.1, 0.15) is 71.6 Å². The molecule has 5 heteroatoms. The minimum atomic E-state index is 0.0531. The van der Waals surface area contributed by atoms with E-state index in [1.807, 2.05) is 23.6 Å². The van der Waals surface area contributed by atoms with Gasteiger partial charge in [-0.25, -0.2) is 4.79 Å². The summed E-state index contributed by atoms with van der Waals surface area (Å²) in [7, 11) is 0. The molecule has 5 nitrogen and oxygen atoms in total. The fourth-order valence-electron chi connectivity index (χ4n) is 4.30. The summed E-state index contributed by atoms with van der Waals surface area (Å²) in [6.07, 6.45) is 10.9. The monoisotopic (exact) mass is 351 g/mol. The van der Waals surface area contributed by atoms with Crippen LogP contribution in [0.5, 0.6) is 0 Å². The maximum atomic E-state index is 12.4. The summed E-state index contributed by atoms with van der Waals surface area (Å²) in [5.41, 5.74) is 0. The van der Waals surface area contributed by atoms with Crippen molar-refractivity contribution >= 4 is 11.9 Å². The highest BCUT2D eigenvalue weighted by Crippen LogP contribution is 2.27. The zero-order chi connectivity index (χ0) is 18.1. The van der Waals surface area contributed by atoms with Gasteiger partial charge in [0.15, 0.2) is 0 Å². The number of hydrogen-bond acceptors (Lipinski definition) is 2. The summed E-state index contributed by atoms with van der Waals surface area (Å²) >= 11 is 0. The Hall–Kier alpha value is -1.26. The van der Waals surface area contributed by atoms with Crippen LogP contribution in [-0.2, 0) is 4.79 Å². The first-order chi connectivity index (χ1) is 12.2. The van der Waals surface area contributed by atoms with E-state index >= 15 is 0 Å². The second kappa shape index (κ2) is 10.7. The summed E-state index contributed by atoms with van der Waals surface area (Å²) in [6.45, 7) is 7.79. The molecule has 0 aromatic carbocycles. The van der Waals surface area contributed by atoms with Crippen molar-refractivity contribution in [3.63, 3.8) is 0 Å². The summed E-state index contributed by atoms with van der Waals surface area (Å²) in [4.78, 5) is 28.5. The number of carbonyl (C=O) groups is 2. The lowest BCUT2D eigenvalue weighted by molar-refractivity contribution is -0.136. The molecule has 0 spiro atoms. The van der Waals surface area contributed by atoms with Crippen LogP contribution in [0, 0.1) is 11.8 Å². The van der Waals surface area contributed by atoms with Crippen LogP contribution in [0.2, 0.25) is 0 Å². The molecule has 1 aliphatic heterocycles. The quantitative estimate of drug-likeness (QED) is 0.712. The first-order valence-corrected chi connectivity index (χ1v) is 10.5. The molecule has 1 saturated heterocycles. The topological polar surface area (TPSA) is 52.7 Å². The van der Waals surface area contributed by atoms with Gasteiger partial charge in [0.1, 0.15) is 0 Å². The maximum Gasteiger partial charge on any atom is 0.317 e. The average molecular weight is 352 g/mol. The van der Waals surface area contributed by atoms with Crippen LogP contribution in [0.3, 0.4) is 0 Å². The molecule has 3 amide bonds. The van der Waals surface area contributed by atoms with Gasteiger partial charge < -0.3 is 15.1 Å². The Morgan fingerprint density at radius 2 is 1.64 bits per heavy atom. The molecule has 1 saturated carbocycles. The Morgan fingerprint density at radius 1 is 1.00 bits per heavy atom. The van der Waals surface area contributed by atoms with E-state index in [0.29, 0.717) is 13.1 Å². The van der Waals surface area contributed by atoms with Crippen molar-refractivity contribution in [2.45, 2.75) is 71.6 Å². The summed E-state index contributed by atoms with van der Waals surface area (Å²) in [5.74, 6) is 1.24. The van der Waals surface area contributed by atoms with Crippen molar-refractivity contribution < 1.29 is 9.59 Å². The van der Waals surface area contributed by atoms with Crippen LogP contribution in [0.15, 0.2) is 0 Å². The number of nitrogens with one attached hydrogen (secondary N) is 1. The number of amides is 3. The minimum absolute atomic E-state index is 0.0531. The maximum absolute atomic E-state index is 12.4. The van der Waals surface area contributed by atoms with E-state index < -0.39 is 0 Å². The first kappa shape index (κ1) is 20.1. The molecule has 0 unspecified atom stereocenters. The second-order valence-electron chi connectivity index (χ2n) is 7.65. The predicted octanol–water partition coefficient (Wildman–Crippen LogP) is 3.64.